The smallest absolute Gasteiger partial charge is 0.234 e. The number of aromatic nitrogens is 2. The largest absolute Gasteiger partial charge is 0.339 e. The van der Waals surface area contributed by atoms with E-state index in [1.807, 2.05) is 13.8 Å². The summed E-state index contributed by atoms with van der Waals surface area (Å²) in [6, 6.07) is 6.41. The highest BCUT2D eigenvalue weighted by molar-refractivity contribution is 5.31. The molecular weight excluding hydrogens is 269 g/mol. The number of nitrogens with zero attached hydrogens (tertiary/aromatic N) is 2. The van der Waals surface area contributed by atoms with E-state index in [4.69, 9.17) is 10.3 Å². The number of halogens is 1. The Hall–Kier alpha value is -1.75. The average molecular weight is 289 g/mol. The van der Waals surface area contributed by atoms with Gasteiger partial charge in [-0.05, 0) is 44.4 Å². The van der Waals surface area contributed by atoms with Crippen LogP contribution in [0, 0.1) is 5.82 Å². The van der Waals surface area contributed by atoms with Gasteiger partial charge in [0.1, 0.15) is 5.82 Å². The van der Waals surface area contributed by atoms with E-state index in [2.05, 4.69) is 10.1 Å². The molecule has 1 aliphatic carbocycles. The van der Waals surface area contributed by atoms with Crippen molar-refractivity contribution in [2.45, 2.75) is 43.9 Å². The lowest BCUT2D eigenvalue weighted by atomic mass is 9.68. The maximum absolute atomic E-state index is 13.1. The number of hydrogen-bond acceptors (Lipinski definition) is 4. The predicted octanol–water partition coefficient (Wildman–Crippen LogP) is 2.92. The van der Waals surface area contributed by atoms with Crippen molar-refractivity contribution >= 4 is 0 Å². The van der Waals surface area contributed by atoms with Gasteiger partial charge in [-0.15, -0.1) is 0 Å². The van der Waals surface area contributed by atoms with E-state index in [1.165, 1.54) is 12.1 Å². The van der Waals surface area contributed by atoms with Crippen LogP contribution < -0.4 is 5.73 Å². The summed E-state index contributed by atoms with van der Waals surface area (Å²) in [5.74, 6) is 1.00. The number of nitrogens with two attached hydrogens (primary N) is 1. The first-order valence-electron chi connectivity index (χ1n) is 7.29. The molecule has 1 aliphatic rings. The third kappa shape index (κ3) is 2.25. The zero-order chi connectivity index (χ0) is 15.1. The Bertz CT molecular complexity index is 624. The maximum Gasteiger partial charge on any atom is 0.234 e. The van der Waals surface area contributed by atoms with E-state index in [-0.39, 0.29) is 11.2 Å². The number of hydrogen-bond donors (Lipinski definition) is 1. The van der Waals surface area contributed by atoms with E-state index in [0.717, 1.165) is 24.8 Å². The van der Waals surface area contributed by atoms with Crippen molar-refractivity contribution in [1.82, 2.24) is 10.1 Å². The minimum absolute atomic E-state index is 0.135. The van der Waals surface area contributed by atoms with Gasteiger partial charge in [0.25, 0.3) is 0 Å². The molecule has 0 amide bonds. The Labute approximate surface area is 123 Å². The van der Waals surface area contributed by atoms with Crippen LogP contribution in [-0.2, 0) is 10.8 Å². The fourth-order valence-electron chi connectivity index (χ4n) is 2.80. The van der Waals surface area contributed by atoms with Crippen LogP contribution in [0.1, 0.15) is 50.4 Å². The van der Waals surface area contributed by atoms with Crippen LogP contribution in [0.15, 0.2) is 28.8 Å². The highest BCUT2D eigenvalue weighted by Gasteiger charge is 2.43. The summed E-state index contributed by atoms with van der Waals surface area (Å²) in [6.07, 6.45) is 3.15. The van der Waals surface area contributed by atoms with Gasteiger partial charge in [-0.1, -0.05) is 23.7 Å². The van der Waals surface area contributed by atoms with Gasteiger partial charge < -0.3 is 10.3 Å². The first kappa shape index (κ1) is 14.2. The Morgan fingerprint density at radius 1 is 1.29 bits per heavy atom. The fourth-order valence-corrected chi connectivity index (χ4v) is 2.80. The number of benzene rings is 1. The van der Waals surface area contributed by atoms with Crippen LogP contribution in [0.5, 0.6) is 0 Å². The van der Waals surface area contributed by atoms with Crippen LogP contribution >= 0.6 is 0 Å². The molecule has 1 fully saturated rings. The number of rotatable bonds is 4. The van der Waals surface area contributed by atoms with Gasteiger partial charge >= 0.3 is 0 Å². The van der Waals surface area contributed by atoms with Crippen molar-refractivity contribution in [2.24, 2.45) is 5.73 Å². The molecule has 1 aromatic heterocycles. The monoisotopic (exact) mass is 289 g/mol. The third-order valence-corrected chi connectivity index (χ3v) is 4.71. The van der Waals surface area contributed by atoms with E-state index in [1.54, 1.807) is 12.1 Å². The molecule has 1 saturated carbocycles. The molecule has 4 nitrogen and oxygen atoms in total. The Morgan fingerprint density at radius 2 is 1.95 bits per heavy atom. The Morgan fingerprint density at radius 3 is 2.48 bits per heavy atom. The summed E-state index contributed by atoms with van der Waals surface area (Å²) in [6.45, 7) is 4.54. The molecule has 21 heavy (non-hydrogen) atoms. The second-order valence-electron chi connectivity index (χ2n) is 6.39. The lowest BCUT2D eigenvalue weighted by Crippen LogP contribution is -2.42. The molecule has 0 unspecified atom stereocenters. The van der Waals surface area contributed by atoms with Crippen LogP contribution in [0.25, 0.3) is 0 Å². The predicted molar refractivity (Wildman–Crippen MR) is 77.4 cm³/mol. The summed E-state index contributed by atoms with van der Waals surface area (Å²) in [7, 11) is 0. The van der Waals surface area contributed by atoms with Gasteiger partial charge in [0.2, 0.25) is 5.89 Å². The third-order valence-electron chi connectivity index (χ3n) is 4.71. The SMILES string of the molecule is CC(C)(c1ccc(F)cc1)c1noc(C2(CN)CCC2)n1. The summed E-state index contributed by atoms with van der Waals surface area (Å²) >= 11 is 0. The first-order chi connectivity index (χ1) is 9.98. The van der Waals surface area contributed by atoms with Crippen molar-refractivity contribution in [3.05, 3.63) is 47.4 Å². The topological polar surface area (TPSA) is 64.9 Å². The molecule has 2 aromatic rings. The zero-order valence-electron chi connectivity index (χ0n) is 12.4. The fraction of sp³-hybridized carbons (Fsp3) is 0.500. The molecule has 0 bridgehead atoms. The highest BCUT2D eigenvalue weighted by atomic mass is 19.1. The van der Waals surface area contributed by atoms with Gasteiger partial charge in [0.15, 0.2) is 5.82 Å². The zero-order valence-corrected chi connectivity index (χ0v) is 12.4. The van der Waals surface area contributed by atoms with Gasteiger partial charge in [-0.25, -0.2) is 4.39 Å². The Kier molecular flexibility index (Phi) is 3.32. The molecule has 0 spiro atoms. The van der Waals surface area contributed by atoms with E-state index in [0.29, 0.717) is 18.3 Å². The molecule has 5 heteroatoms. The molecular formula is C16H20FN3O. The summed E-state index contributed by atoms with van der Waals surface area (Å²) in [5, 5.41) is 4.15. The van der Waals surface area contributed by atoms with E-state index < -0.39 is 5.41 Å². The minimum atomic E-state index is -0.436. The molecule has 0 radical (unpaired) electrons. The van der Waals surface area contributed by atoms with Crippen molar-refractivity contribution < 1.29 is 8.91 Å². The summed E-state index contributed by atoms with van der Waals surface area (Å²) < 4.78 is 18.6. The molecule has 1 heterocycles. The quantitative estimate of drug-likeness (QED) is 0.940. The van der Waals surface area contributed by atoms with Gasteiger partial charge in [0, 0.05) is 6.54 Å². The molecule has 0 saturated heterocycles. The van der Waals surface area contributed by atoms with Crippen LogP contribution in [0.2, 0.25) is 0 Å². The van der Waals surface area contributed by atoms with Crippen LogP contribution in [-0.4, -0.2) is 16.7 Å². The molecule has 112 valence electrons. The molecule has 0 atom stereocenters. The van der Waals surface area contributed by atoms with Crippen molar-refractivity contribution in [1.29, 1.82) is 0 Å². The minimum Gasteiger partial charge on any atom is -0.339 e. The van der Waals surface area contributed by atoms with Gasteiger partial charge in [0.05, 0.1) is 10.8 Å². The molecule has 0 aliphatic heterocycles. The van der Waals surface area contributed by atoms with Crippen molar-refractivity contribution in [2.75, 3.05) is 6.54 Å². The standard InChI is InChI=1S/C16H20FN3O/c1-15(2,11-4-6-12(17)7-5-11)13-19-14(21-20-13)16(10-18)8-3-9-16/h4-7H,3,8-10,18H2,1-2H3. The maximum atomic E-state index is 13.1. The van der Waals surface area contributed by atoms with E-state index in [9.17, 15) is 4.39 Å². The van der Waals surface area contributed by atoms with Crippen molar-refractivity contribution in [3.63, 3.8) is 0 Å². The molecule has 1 aromatic carbocycles. The first-order valence-corrected chi connectivity index (χ1v) is 7.29. The highest BCUT2D eigenvalue weighted by Crippen LogP contribution is 2.42. The van der Waals surface area contributed by atoms with Crippen LogP contribution in [0.4, 0.5) is 4.39 Å². The van der Waals surface area contributed by atoms with Gasteiger partial charge in [-0.2, -0.15) is 4.98 Å². The molecule has 2 N–H and O–H groups in total. The normalized spacial score (nSPS) is 17.5. The lowest BCUT2D eigenvalue weighted by Gasteiger charge is -2.37. The van der Waals surface area contributed by atoms with Crippen molar-refractivity contribution in [3.8, 4) is 0 Å². The van der Waals surface area contributed by atoms with Gasteiger partial charge in [-0.3, -0.25) is 0 Å². The average Bonchev–Trinajstić information content (AvgIpc) is 2.89. The summed E-state index contributed by atoms with van der Waals surface area (Å²) in [4.78, 5) is 4.59. The second kappa shape index (κ2) is 4.91. The summed E-state index contributed by atoms with van der Waals surface area (Å²) in [5.41, 5.74) is 6.26. The lowest BCUT2D eigenvalue weighted by molar-refractivity contribution is 0.181. The van der Waals surface area contributed by atoms with Crippen LogP contribution in [0.3, 0.4) is 0 Å². The molecule has 3 rings (SSSR count). The Balaban J connectivity index is 1.93. The second-order valence-corrected chi connectivity index (χ2v) is 6.39. The van der Waals surface area contributed by atoms with E-state index >= 15 is 0 Å².